The van der Waals surface area contributed by atoms with Crippen LogP contribution >= 0.6 is 0 Å². The summed E-state index contributed by atoms with van der Waals surface area (Å²) < 4.78 is 15.2. The van der Waals surface area contributed by atoms with Gasteiger partial charge in [0, 0.05) is 12.8 Å². The fourth-order valence-electron chi connectivity index (χ4n) is 0.685. The van der Waals surface area contributed by atoms with E-state index in [4.69, 9.17) is 0 Å². The van der Waals surface area contributed by atoms with Gasteiger partial charge in [-0.25, -0.2) is 4.21 Å². The molecule has 1 unspecified atom stereocenters. The molecule has 0 aliphatic rings. The monoisotopic (exact) mass is 233 g/mol. The van der Waals surface area contributed by atoms with Crippen molar-refractivity contribution in [1.82, 2.24) is 5.06 Å². The minimum Gasteiger partial charge on any atom is -0.549 e. The molecule has 0 rings (SSSR count). The molecule has 0 saturated carbocycles. The van der Waals surface area contributed by atoms with Crippen LogP contribution in [0.3, 0.4) is 0 Å². The van der Waals surface area contributed by atoms with Crippen molar-refractivity contribution < 1.29 is 69.8 Å². The Morgan fingerprint density at radius 1 is 1.62 bits per heavy atom. The van der Waals surface area contributed by atoms with Crippen LogP contribution in [0.25, 0.3) is 0 Å². The van der Waals surface area contributed by atoms with Crippen LogP contribution in [0.4, 0.5) is 0 Å². The van der Waals surface area contributed by atoms with Crippen molar-refractivity contribution in [3.05, 3.63) is 0 Å². The first-order chi connectivity index (χ1) is 5.56. The van der Waals surface area contributed by atoms with E-state index in [9.17, 15) is 14.1 Å². The van der Waals surface area contributed by atoms with Gasteiger partial charge in [0.1, 0.15) is 0 Å². The van der Waals surface area contributed by atoms with E-state index in [-0.39, 0.29) is 57.9 Å². The summed E-state index contributed by atoms with van der Waals surface area (Å²) in [7, 11) is 0. The van der Waals surface area contributed by atoms with Crippen molar-refractivity contribution in [2.75, 3.05) is 19.3 Å². The molecule has 0 fully saturated rings. The fraction of sp³-hybridized carbons (Fsp3) is 0.833. The van der Waals surface area contributed by atoms with Gasteiger partial charge in [-0.1, -0.05) is 6.92 Å². The Balaban J connectivity index is 0. The summed E-state index contributed by atoms with van der Waals surface area (Å²) in [5, 5.41) is 11.3. The molecule has 13 heavy (non-hydrogen) atoms. The number of hydroxylamine groups is 2. The molecule has 0 aromatic carbocycles. The largest absolute Gasteiger partial charge is 1.00 e. The van der Waals surface area contributed by atoms with Gasteiger partial charge in [0.15, 0.2) is 11.1 Å². The predicted octanol–water partition coefficient (Wildman–Crippen LogP) is -4.32. The van der Waals surface area contributed by atoms with Crippen molar-refractivity contribution in [2.45, 2.75) is 13.3 Å². The Kier molecular flexibility index (Phi) is 12.4. The number of hydrogen-bond donors (Lipinski definition) is 0. The third-order valence-electron chi connectivity index (χ3n) is 0.989. The SMILES string of the molecule is CCCN(CC(=O)[O-])OS(C)=O.[K+]. The van der Waals surface area contributed by atoms with Crippen molar-refractivity contribution in [1.29, 1.82) is 0 Å². The van der Waals surface area contributed by atoms with E-state index in [0.29, 0.717) is 6.54 Å². The number of aliphatic carboxylic acids is 1. The van der Waals surface area contributed by atoms with Gasteiger partial charge in [-0.15, -0.1) is 0 Å². The molecule has 0 aromatic heterocycles. The van der Waals surface area contributed by atoms with Gasteiger partial charge in [0.2, 0.25) is 0 Å². The Hall–Kier alpha value is 1.18. The van der Waals surface area contributed by atoms with Gasteiger partial charge in [-0.2, -0.15) is 9.35 Å². The van der Waals surface area contributed by atoms with Crippen LogP contribution in [0.5, 0.6) is 0 Å². The quantitative estimate of drug-likeness (QED) is 0.343. The summed E-state index contributed by atoms with van der Waals surface area (Å²) in [5.74, 6) is -1.24. The van der Waals surface area contributed by atoms with Crippen LogP contribution in [0, 0.1) is 0 Å². The molecule has 0 radical (unpaired) electrons. The van der Waals surface area contributed by atoms with E-state index in [2.05, 4.69) is 4.28 Å². The number of carboxylic acids is 1. The van der Waals surface area contributed by atoms with E-state index in [1.54, 1.807) is 0 Å². The Labute approximate surface area is 123 Å². The van der Waals surface area contributed by atoms with Gasteiger partial charge in [-0.3, -0.25) is 0 Å². The van der Waals surface area contributed by atoms with Gasteiger partial charge in [-0.05, 0) is 6.42 Å². The topological polar surface area (TPSA) is 69.7 Å². The zero-order chi connectivity index (χ0) is 9.56. The van der Waals surface area contributed by atoms with Crippen molar-refractivity contribution in [2.24, 2.45) is 0 Å². The molecule has 0 aromatic rings. The first-order valence-corrected chi connectivity index (χ1v) is 5.01. The van der Waals surface area contributed by atoms with E-state index in [1.807, 2.05) is 6.92 Å². The summed E-state index contributed by atoms with van der Waals surface area (Å²) >= 11 is -1.48. The Morgan fingerprint density at radius 2 is 2.15 bits per heavy atom. The third-order valence-corrected chi connectivity index (χ3v) is 1.41. The Morgan fingerprint density at radius 3 is 2.46 bits per heavy atom. The summed E-state index contributed by atoms with van der Waals surface area (Å²) in [6.45, 7) is 1.94. The van der Waals surface area contributed by atoms with Crippen molar-refractivity contribution in [3.8, 4) is 0 Å². The molecular formula is C6H12KNO4S. The second kappa shape index (κ2) is 9.72. The molecule has 5 nitrogen and oxygen atoms in total. The second-order valence-electron chi connectivity index (χ2n) is 2.21. The van der Waals surface area contributed by atoms with E-state index >= 15 is 0 Å². The average molecular weight is 233 g/mol. The molecule has 0 bridgehead atoms. The van der Waals surface area contributed by atoms with E-state index in [0.717, 1.165) is 11.5 Å². The van der Waals surface area contributed by atoms with Crippen LogP contribution in [0.1, 0.15) is 13.3 Å². The molecular weight excluding hydrogens is 221 g/mol. The van der Waals surface area contributed by atoms with Crippen molar-refractivity contribution in [3.63, 3.8) is 0 Å². The smallest absolute Gasteiger partial charge is 0.549 e. The number of carbonyl (C=O) groups is 1. The molecule has 0 amide bonds. The number of rotatable bonds is 6. The van der Waals surface area contributed by atoms with Crippen LogP contribution in [0.2, 0.25) is 0 Å². The zero-order valence-corrected chi connectivity index (χ0v) is 12.0. The minimum atomic E-state index is -1.48. The van der Waals surface area contributed by atoms with Crippen LogP contribution < -0.4 is 56.5 Å². The van der Waals surface area contributed by atoms with E-state index < -0.39 is 17.0 Å². The molecule has 72 valence electrons. The molecule has 0 spiro atoms. The minimum absolute atomic E-state index is 0. The molecule has 0 saturated heterocycles. The average Bonchev–Trinajstić information content (AvgIpc) is 1.84. The normalized spacial score (nSPS) is 12.2. The van der Waals surface area contributed by atoms with Crippen LogP contribution in [-0.4, -0.2) is 34.6 Å². The maximum atomic E-state index is 10.5. The summed E-state index contributed by atoms with van der Waals surface area (Å²) in [6.07, 6.45) is 2.06. The summed E-state index contributed by atoms with van der Waals surface area (Å²) in [5.41, 5.74) is 0. The number of carbonyl (C=O) groups excluding carboxylic acids is 1. The maximum Gasteiger partial charge on any atom is 1.00 e. The maximum absolute atomic E-state index is 10.5. The zero-order valence-electron chi connectivity index (χ0n) is 8.11. The number of hydrogen-bond acceptors (Lipinski definition) is 5. The number of carboxylic acid groups (broad SMARTS) is 1. The van der Waals surface area contributed by atoms with Crippen LogP contribution in [-0.2, 0) is 20.2 Å². The molecule has 0 N–H and O–H groups in total. The van der Waals surface area contributed by atoms with Gasteiger partial charge >= 0.3 is 51.4 Å². The fourth-order valence-corrected chi connectivity index (χ4v) is 1.11. The third kappa shape index (κ3) is 11.1. The number of nitrogens with zero attached hydrogens (tertiary/aromatic N) is 1. The summed E-state index contributed by atoms with van der Waals surface area (Å²) in [4.78, 5) is 10.1. The van der Waals surface area contributed by atoms with E-state index in [1.165, 1.54) is 6.26 Å². The Bertz CT molecular complexity index is 162. The molecule has 0 aliphatic carbocycles. The van der Waals surface area contributed by atoms with Gasteiger partial charge < -0.3 is 9.90 Å². The first-order valence-electron chi connectivity index (χ1n) is 3.53. The molecule has 0 aliphatic heterocycles. The molecule has 7 heteroatoms. The summed E-state index contributed by atoms with van der Waals surface area (Å²) in [6, 6.07) is 0. The van der Waals surface area contributed by atoms with Gasteiger partial charge in [0.25, 0.3) is 0 Å². The van der Waals surface area contributed by atoms with Crippen molar-refractivity contribution >= 4 is 17.0 Å². The van der Waals surface area contributed by atoms with Crippen LogP contribution in [0.15, 0.2) is 0 Å². The molecule has 1 atom stereocenters. The first kappa shape index (κ1) is 16.6. The molecule has 0 heterocycles. The van der Waals surface area contributed by atoms with Gasteiger partial charge in [0.05, 0.1) is 12.5 Å². The standard InChI is InChI=1S/C6H13NO4S.K/c1-3-4-7(5-6(8)9)11-12(2)10;/h3-5H2,1-2H3,(H,8,9);/q;+1/p-1. The predicted molar refractivity (Wildman–Crippen MR) is 42.0 cm³/mol. The second-order valence-corrected chi connectivity index (χ2v) is 3.16.